The Balaban J connectivity index is 1.39. The van der Waals surface area contributed by atoms with Crippen LogP contribution in [0.5, 0.6) is 0 Å². The average Bonchev–Trinajstić information content (AvgIpc) is 3.49. The molecule has 0 unspecified atom stereocenters. The van der Waals surface area contributed by atoms with E-state index in [-0.39, 0.29) is 18.4 Å². The van der Waals surface area contributed by atoms with Crippen molar-refractivity contribution < 1.29 is 9.59 Å². The number of benzene rings is 1. The molecule has 2 heterocycles. The van der Waals surface area contributed by atoms with E-state index in [1.54, 1.807) is 18.3 Å². The number of carbonyl (C=O) groups is 2. The predicted octanol–water partition coefficient (Wildman–Crippen LogP) is 2.13. The summed E-state index contributed by atoms with van der Waals surface area (Å²) in [5.74, 6) is 0.698. The lowest BCUT2D eigenvalue weighted by molar-refractivity contribution is -0.131. The van der Waals surface area contributed by atoms with Crippen molar-refractivity contribution in [3.63, 3.8) is 0 Å². The van der Waals surface area contributed by atoms with Crippen LogP contribution in [0.25, 0.3) is 0 Å². The van der Waals surface area contributed by atoms with Gasteiger partial charge in [-0.2, -0.15) is 0 Å². The molecule has 1 saturated carbocycles. The van der Waals surface area contributed by atoms with Gasteiger partial charge in [-0.15, -0.1) is 0 Å². The predicted molar refractivity (Wildman–Crippen MR) is 104 cm³/mol. The van der Waals surface area contributed by atoms with Gasteiger partial charge in [0.1, 0.15) is 5.82 Å². The minimum absolute atomic E-state index is 0.0644. The van der Waals surface area contributed by atoms with Crippen molar-refractivity contribution in [1.29, 1.82) is 0 Å². The van der Waals surface area contributed by atoms with Crippen molar-refractivity contribution in [3.8, 4) is 0 Å². The van der Waals surface area contributed by atoms with Gasteiger partial charge in [-0.25, -0.2) is 4.98 Å². The van der Waals surface area contributed by atoms with Crippen LogP contribution in [0.2, 0.25) is 0 Å². The highest BCUT2D eigenvalue weighted by Crippen LogP contribution is 2.21. The number of amides is 2. The van der Waals surface area contributed by atoms with Gasteiger partial charge >= 0.3 is 0 Å². The van der Waals surface area contributed by atoms with E-state index in [4.69, 9.17) is 0 Å². The van der Waals surface area contributed by atoms with E-state index < -0.39 is 0 Å². The quantitative estimate of drug-likeness (QED) is 0.883. The molecule has 1 aromatic heterocycles. The summed E-state index contributed by atoms with van der Waals surface area (Å²) in [5.41, 5.74) is 2.95. The van der Waals surface area contributed by atoms with Gasteiger partial charge < -0.3 is 15.1 Å². The van der Waals surface area contributed by atoms with Crippen molar-refractivity contribution in [1.82, 2.24) is 15.2 Å². The summed E-state index contributed by atoms with van der Waals surface area (Å²) >= 11 is 0. The first-order valence-electron chi connectivity index (χ1n) is 9.44. The third kappa shape index (κ3) is 4.27. The smallest absolute Gasteiger partial charge is 0.251 e. The van der Waals surface area contributed by atoms with E-state index in [0.717, 1.165) is 18.4 Å². The Morgan fingerprint density at radius 2 is 1.96 bits per heavy atom. The van der Waals surface area contributed by atoms with Gasteiger partial charge in [0, 0.05) is 37.4 Å². The minimum atomic E-state index is -0.0644. The van der Waals surface area contributed by atoms with Crippen LogP contribution in [0.4, 0.5) is 5.82 Å². The third-order valence-electron chi connectivity index (χ3n) is 5.06. The lowest BCUT2D eigenvalue weighted by atomic mass is 10.1. The number of aromatic nitrogens is 1. The van der Waals surface area contributed by atoms with E-state index in [9.17, 15) is 9.59 Å². The van der Waals surface area contributed by atoms with E-state index in [1.165, 1.54) is 5.56 Å². The summed E-state index contributed by atoms with van der Waals surface area (Å²) in [6.45, 7) is 4.32. The Hall–Kier alpha value is -2.89. The molecule has 0 atom stereocenters. The molecule has 0 spiro atoms. The second kappa shape index (κ2) is 7.39. The molecule has 1 aliphatic carbocycles. The number of hydrogen-bond donors (Lipinski definition) is 1. The molecule has 2 aliphatic rings. The largest absolute Gasteiger partial charge is 0.349 e. The maximum Gasteiger partial charge on any atom is 0.251 e. The fourth-order valence-electron chi connectivity index (χ4n) is 3.21. The van der Waals surface area contributed by atoms with Gasteiger partial charge in [0.2, 0.25) is 5.91 Å². The summed E-state index contributed by atoms with van der Waals surface area (Å²) in [7, 11) is 0. The zero-order valence-electron chi connectivity index (χ0n) is 15.5. The van der Waals surface area contributed by atoms with E-state index >= 15 is 0 Å². The number of pyridine rings is 1. The van der Waals surface area contributed by atoms with Gasteiger partial charge in [-0.05, 0) is 37.5 Å². The van der Waals surface area contributed by atoms with Crippen LogP contribution >= 0.6 is 0 Å². The number of carbonyl (C=O) groups excluding carboxylic acids is 2. The molecule has 2 amide bonds. The van der Waals surface area contributed by atoms with Crippen molar-refractivity contribution >= 4 is 17.6 Å². The molecule has 6 nitrogen and oxygen atoms in total. The van der Waals surface area contributed by atoms with Gasteiger partial charge in [0.25, 0.3) is 5.91 Å². The molecule has 6 heteroatoms. The normalized spacial score (nSPS) is 17.1. The minimum Gasteiger partial charge on any atom is -0.349 e. The Bertz CT molecular complexity index is 846. The zero-order valence-corrected chi connectivity index (χ0v) is 15.5. The van der Waals surface area contributed by atoms with Gasteiger partial charge in [0.05, 0.1) is 6.54 Å². The van der Waals surface area contributed by atoms with E-state index in [0.29, 0.717) is 37.1 Å². The first-order valence-corrected chi connectivity index (χ1v) is 9.44. The second-order valence-corrected chi connectivity index (χ2v) is 7.37. The summed E-state index contributed by atoms with van der Waals surface area (Å²) < 4.78 is 0. The standard InChI is InChI=1S/C21H24N4O2/c1-15-2-4-16(5-3-15)13-25-11-10-24(14-20(25)26)19-12-17(8-9-22-19)21(27)23-18-6-7-18/h2-5,8-9,12,18H,6-7,10-11,13-14H2,1H3,(H,23,27). The van der Waals surface area contributed by atoms with Crippen LogP contribution in [0.15, 0.2) is 42.6 Å². The molecule has 1 N–H and O–H groups in total. The molecule has 2 aromatic rings. The molecule has 0 radical (unpaired) electrons. The summed E-state index contributed by atoms with van der Waals surface area (Å²) in [6.07, 6.45) is 3.75. The highest BCUT2D eigenvalue weighted by Gasteiger charge is 2.26. The second-order valence-electron chi connectivity index (χ2n) is 7.37. The molecule has 4 rings (SSSR count). The number of rotatable bonds is 5. The number of piperazine rings is 1. The third-order valence-corrected chi connectivity index (χ3v) is 5.06. The van der Waals surface area contributed by atoms with Crippen LogP contribution in [-0.2, 0) is 11.3 Å². The van der Waals surface area contributed by atoms with Crippen LogP contribution in [0.3, 0.4) is 0 Å². The zero-order chi connectivity index (χ0) is 18.8. The first-order chi connectivity index (χ1) is 13.1. The van der Waals surface area contributed by atoms with Gasteiger partial charge in [-0.1, -0.05) is 29.8 Å². The highest BCUT2D eigenvalue weighted by molar-refractivity contribution is 5.95. The van der Waals surface area contributed by atoms with Crippen molar-refractivity contribution in [2.45, 2.75) is 32.4 Å². The molecule has 2 fully saturated rings. The summed E-state index contributed by atoms with van der Waals surface area (Å²) in [5, 5.41) is 2.99. The Morgan fingerprint density at radius 3 is 2.67 bits per heavy atom. The molecule has 0 bridgehead atoms. The van der Waals surface area contributed by atoms with Crippen molar-refractivity contribution in [2.75, 3.05) is 24.5 Å². The number of aryl methyl sites for hydroxylation is 1. The molecule has 140 valence electrons. The maximum atomic E-state index is 12.6. The van der Waals surface area contributed by atoms with Gasteiger partial charge in [0.15, 0.2) is 0 Å². The Labute approximate surface area is 159 Å². The van der Waals surface area contributed by atoms with Crippen LogP contribution in [0.1, 0.15) is 34.3 Å². The maximum absolute atomic E-state index is 12.6. The highest BCUT2D eigenvalue weighted by atomic mass is 16.2. The van der Waals surface area contributed by atoms with E-state index in [2.05, 4.69) is 41.5 Å². The molecule has 1 aliphatic heterocycles. The molecule has 27 heavy (non-hydrogen) atoms. The number of hydrogen-bond acceptors (Lipinski definition) is 4. The first kappa shape index (κ1) is 17.5. The van der Waals surface area contributed by atoms with Crippen LogP contribution in [0, 0.1) is 6.92 Å². The lowest BCUT2D eigenvalue weighted by Crippen LogP contribution is -2.50. The van der Waals surface area contributed by atoms with Crippen molar-refractivity contribution in [3.05, 3.63) is 59.3 Å². The SMILES string of the molecule is Cc1ccc(CN2CCN(c3cc(C(=O)NC4CC4)ccn3)CC2=O)cc1. The molecular formula is C21H24N4O2. The average molecular weight is 364 g/mol. The van der Waals surface area contributed by atoms with Crippen molar-refractivity contribution in [2.24, 2.45) is 0 Å². The fourth-order valence-corrected chi connectivity index (χ4v) is 3.21. The van der Waals surface area contributed by atoms with E-state index in [1.807, 2.05) is 9.80 Å². The van der Waals surface area contributed by atoms with Crippen LogP contribution in [-0.4, -0.2) is 47.4 Å². The number of nitrogens with one attached hydrogen (secondary N) is 1. The van der Waals surface area contributed by atoms with Crippen LogP contribution < -0.4 is 10.2 Å². The van der Waals surface area contributed by atoms with Gasteiger partial charge in [-0.3, -0.25) is 9.59 Å². The molecule has 1 saturated heterocycles. The number of anilines is 1. The monoisotopic (exact) mass is 364 g/mol. The summed E-state index contributed by atoms with van der Waals surface area (Å²) in [4.78, 5) is 33.0. The Kier molecular flexibility index (Phi) is 4.79. The summed E-state index contributed by atoms with van der Waals surface area (Å²) in [6, 6.07) is 12.1. The topological polar surface area (TPSA) is 65.5 Å². The fraction of sp³-hybridized carbons (Fsp3) is 0.381. The Morgan fingerprint density at radius 1 is 1.19 bits per heavy atom. The molecule has 1 aromatic carbocycles. The lowest BCUT2D eigenvalue weighted by Gasteiger charge is -2.35. The molecular weight excluding hydrogens is 340 g/mol. The number of nitrogens with zero attached hydrogens (tertiary/aromatic N) is 3.